The van der Waals surface area contributed by atoms with Crippen molar-refractivity contribution in [1.29, 1.82) is 0 Å². The van der Waals surface area contributed by atoms with E-state index in [1.54, 1.807) is 6.92 Å². The zero-order valence-electron chi connectivity index (χ0n) is 8.51. The number of oxime groups is 1. The van der Waals surface area contributed by atoms with E-state index in [-0.39, 0.29) is 25.3 Å². The molecule has 0 aromatic heterocycles. The van der Waals surface area contributed by atoms with E-state index < -0.39 is 10.9 Å². The van der Waals surface area contributed by atoms with Crippen molar-refractivity contribution in [3.8, 4) is 0 Å². The standard InChI is InChI=1S/C8H14N2O5/c1-2-15-8(11)7(9-12)5-3-4-6-10(13)14/h12H,2-6H2,1H3. The highest BCUT2D eigenvalue weighted by atomic mass is 16.6. The van der Waals surface area contributed by atoms with Gasteiger partial charge in [-0.3, -0.25) is 10.1 Å². The van der Waals surface area contributed by atoms with Crippen molar-refractivity contribution in [2.75, 3.05) is 13.2 Å². The molecule has 86 valence electrons. The topological polar surface area (TPSA) is 102 Å². The number of carbonyl (C=O) groups is 1. The lowest BCUT2D eigenvalue weighted by Crippen LogP contribution is -2.17. The number of hydrogen-bond acceptors (Lipinski definition) is 6. The number of hydrogen-bond donors (Lipinski definition) is 1. The summed E-state index contributed by atoms with van der Waals surface area (Å²) in [4.78, 5) is 20.6. The maximum atomic E-state index is 11.1. The molecule has 0 radical (unpaired) electrons. The van der Waals surface area contributed by atoms with Crippen LogP contribution in [0.2, 0.25) is 0 Å². The Labute approximate surface area is 86.9 Å². The van der Waals surface area contributed by atoms with Gasteiger partial charge in [-0.2, -0.15) is 0 Å². The molecule has 0 saturated carbocycles. The quantitative estimate of drug-likeness (QED) is 0.170. The number of esters is 1. The second-order valence-electron chi connectivity index (χ2n) is 2.78. The van der Waals surface area contributed by atoms with Crippen LogP contribution < -0.4 is 0 Å². The van der Waals surface area contributed by atoms with Crippen molar-refractivity contribution >= 4 is 11.7 Å². The van der Waals surface area contributed by atoms with Gasteiger partial charge in [-0.05, 0) is 13.3 Å². The third-order valence-corrected chi connectivity index (χ3v) is 1.64. The normalized spacial score (nSPS) is 11.1. The predicted molar refractivity (Wildman–Crippen MR) is 51.6 cm³/mol. The molecule has 0 fully saturated rings. The minimum Gasteiger partial charge on any atom is -0.461 e. The Morgan fingerprint density at radius 2 is 2.20 bits per heavy atom. The van der Waals surface area contributed by atoms with E-state index in [0.29, 0.717) is 12.8 Å². The van der Waals surface area contributed by atoms with Crippen LogP contribution in [0.4, 0.5) is 0 Å². The third-order valence-electron chi connectivity index (χ3n) is 1.64. The third kappa shape index (κ3) is 6.42. The van der Waals surface area contributed by atoms with Gasteiger partial charge >= 0.3 is 5.97 Å². The largest absolute Gasteiger partial charge is 0.461 e. The molecule has 0 aliphatic rings. The summed E-state index contributed by atoms with van der Waals surface area (Å²) in [5, 5.41) is 21.3. The van der Waals surface area contributed by atoms with Crippen LogP contribution in [0, 0.1) is 10.1 Å². The Morgan fingerprint density at radius 1 is 1.53 bits per heavy atom. The Hall–Kier alpha value is -1.66. The Morgan fingerprint density at radius 3 is 2.67 bits per heavy atom. The number of ether oxygens (including phenoxy) is 1. The molecule has 7 heteroatoms. The molecule has 0 aromatic carbocycles. The van der Waals surface area contributed by atoms with Gasteiger partial charge in [0.2, 0.25) is 6.54 Å². The van der Waals surface area contributed by atoms with Crippen molar-refractivity contribution < 1.29 is 19.7 Å². The molecular weight excluding hydrogens is 204 g/mol. The van der Waals surface area contributed by atoms with E-state index >= 15 is 0 Å². The van der Waals surface area contributed by atoms with Crippen molar-refractivity contribution in [3.05, 3.63) is 10.1 Å². The molecule has 0 heterocycles. The predicted octanol–water partition coefficient (Wildman–Crippen LogP) is 0.827. The average molecular weight is 218 g/mol. The molecule has 0 aromatic rings. The molecule has 0 rings (SSSR count). The Bertz CT molecular complexity index is 251. The molecule has 1 N–H and O–H groups in total. The highest BCUT2D eigenvalue weighted by molar-refractivity contribution is 6.36. The highest BCUT2D eigenvalue weighted by Crippen LogP contribution is 2.00. The lowest BCUT2D eigenvalue weighted by Gasteiger charge is -2.02. The van der Waals surface area contributed by atoms with Crippen molar-refractivity contribution in [2.24, 2.45) is 5.16 Å². The number of nitrogens with zero attached hydrogens (tertiary/aromatic N) is 2. The summed E-state index contributed by atoms with van der Waals surface area (Å²) in [5.74, 6) is -0.680. The molecule has 0 aliphatic heterocycles. The first-order valence-electron chi connectivity index (χ1n) is 4.61. The van der Waals surface area contributed by atoms with E-state index in [4.69, 9.17) is 5.21 Å². The molecule has 15 heavy (non-hydrogen) atoms. The lowest BCUT2D eigenvalue weighted by molar-refractivity contribution is -0.480. The van der Waals surface area contributed by atoms with Gasteiger partial charge in [0.05, 0.1) is 6.61 Å². The SMILES string of the molecule is CCOC(=O)C(CCCC[N+](=O)[O-])=NO. The molecule has 0 aliphatic carbocycles. The van der Waals surface area contributed by atoms with Gasteiger partial charge in [0.1, 0.15) is 0 Å². The number of rotatable bonds is 7. The summed E-state index contributed by atoms with van der Waals surface area (Å²) in [5.41, 5.74) is -0.0970. The number of nitro groups is 1. The van der Waals surface area contributed by atoms with Crippen LogP contribution in [0.1, 0.15) is 26.2 Å². The number of unbranched alkanes of at least 4 members (excludes halogenated alkanes) is 1. The molecule has 7 nitrogen and oxygen atoms in total. The van der Waals surface area contributed by atoms with E-state index in [0.717, 1.165) is 0 Å². The smallest absolute Gasteiger partial charge is 0.356 e. The average Bonchev–Trinajstić information content (AvgIpc) is 2.17. The Balaban J connectivity index is 3.82. The van der Waals surface area contributed by atoms with E-state index in [9.17, 15) is 14.9 Å². The van der Waals surface area contributed by atoms with Crippen LogP contribution >= 0.6 is 0 Å². The van der Waals surface area contributed by atoms with E-state index in [2.05, 4.69) is 9.89 Å². The molecule has 0 saturated heterocycles. The first-order valence-corrected chi connectivity index (χ1v) is 4.61. The fraction of sp³-hybridized carbons (Fsp3) is 0.750. The van der Waals surface area contributed by atoms with Crippen LogP contribution in [0.15, 0.2) is 5.16 Å². The second-order valence-corrected chi connectivity index (χ2v) is 2.78. The van der Waals surface area contributed by atoms with Gasteiger partial charge < -0.3 is 9.94 Å². The maximum Gasteiger partial charge on any atom is 0.356 e. The monoisotopic (exact) mass is 218 g/mol. The molecule has 0 unspecified atom stereocenters. The van der Waals surface area contributed by atoms with E-state index in [1.807, 2.05) is 0 Å². The van der Waals surface area contributed by atoms with Crippen LogP contribution in [0.5, 0.6) is 0 Å². The zero-order valence-corrected chi connectivity index (χ0v) is 8.51. The molecule has 0 atom stereocenters. The summed E-state index contributed by atoms with van der Waals surface area (Å²) in [6.07, 6.45) is 0.938. The molecule has 0 bridgehead atoms. The van der Waals surface area contributed by atoms with Gasteiger partial charge in [0.25, 0.3) is 0 Å². The number of carbonyl (C=O) groups excluding carboxylic acids is 1. The van der Waals surface area contributed by atoms with Crippen LogP contribution in [0.25, 0.3) is 0 Å². The van der Waals surface area contributed by atoms with Gasteiger partial charge in [0, 0.05) is 17.8 Å². The van der Waals surface area contributed by atoms with Gasteiger partial charge in [-0.1, -0.05) is 5.16 Å². The Kier molecular flexibility index (Phi) is 6.86. The molecule has 0 amide bonds. The molecule has 0 spiro atoms. The zero-order chi connectivity index (χ0) is 11.7. The lowest BCUT2D eigenvalue weighted by atomic mass is 10.1. The van der Waals surface area contributed by atoms with Crippen molar-refractivity contribution in [1.82, 2.24) is 0 Å². The molecular formula is C8H14N2O5. The summed E-state index contributed by atoms with van der Waals surface area (Å²) in [6.45, 7) is 1.69. The van der Waals surface area contributed by atoms with Crippen LogP contribution in [-0.2, 0) is 9.53 Å². The fourth-order valence-corrected chi connectivity index (χ4v) is 0.941. The second kappa shape index (κ2) is 7.72. The fourth-order valence-electron chi connectivity index (χ4n) is 0.941. The summed E-state index contributed by atoms with van der Waals surface area (Å²) in [6, 6.07) is 0. The van der Waals surface area contributed by atoms with Gasteiger partial charge in [-0.15, -0.1) is 0 Å². The van der Waals surface area contributed by atoms with Crippen molar-refractivity contribution in [3.63, 3.8) is 0 Å². The van der Waals surface area contributed by atoms with Crippen molar-refractivity contribution in [2.45, 2.75) is 26.2 Å². The summed E-state index contributed by atoms with van der Waals surface area (Å²) >= 11 is 0. The minimum absolute atomic E-state index is 0.0970. The van der Waals surface area contributed by atoms with Crippen LogP contribution in [0.3, 0.4) is 0 Å². The van der Waals surface area contributed by atoms with Gasteiger partial charge in [-0.25, -0.2) is 4.79 Å². The first kappa shape index (κ1) is 13.3. The summed E-state index contributed by atoms with van der Waals surface area (Å²) in [7, 11) is 0. The summed E-state index contributed by atoms with van der Waals surface area (Å²) < 4.78 is 4.61. The van der Waals surface area contributed by atoms with Crippen LogP contribution in [-0.4, -0.2) is 35.0 Å². The maximum absolute atomic E-state index is 11.1. The van der Waals surface area contributed by atoms with E-state index in [1.165, 1.54) is 0 Å². The minimum atomic E-state index is -0.680. The first-order chi connectivity index (χ1) is 7.11. The van der Waals surface area contributed by atoms with Gasteiger partial charge in [0.15, 0.2) is 5.71 Å². The highest BCUT2D eigenvalue weighted by Gasteiger charge is 2.13.